The Morgan fingerprint density at radius 3 is 2.36 bits per heavy atom. The molecule has 3 aliphatic carbocycles. The number of hydrogen-bond acceptors (Lipinski definition) is 9. The average molecular weight is 511 g/mol. The molecular weight excluding hydrogens is 468 g/mol. The first-order valence-corrected chi connectivity index (χ1v) is 12.9. The van der Waals surface area contributed by atoms with Crippen molar-refractivity contribution in [3.8, 4) is 0 Å². The molecule has 4 rings (SSSR count). The molecule has 0 amide bonds. The van der Waals surface area contributed by atoms with Gasteiger partial charge in [-0.05, 0) is 32.8 Å². The van der Waals surface area contributed by atoms with Crippen LogP contribution in [0.15, 0.2) is 11.6 Å². The molecule has 1 unspecified atom stereocenters. The molecule has 0 radical (unpaired) electrons. The number of esters is 1. The van der Waals surface area contributed by atoms with Crippen molar-refractivity contribution in [2.45, 2.75) is 103 Å². The summed E-state index contributed by atoms with van der Waals surface area (Å²) in [7, 11) is 1.44. The third-order valence-electron chi connectivity index (χ3n) is 9.61. The number of ether oxygens (including phenoxy) is 4. The zero-order valence-electron chi connectivity index (χ0n) is 22.8. The van der Waals surface area contributed by atoms with Gasteiger partial charge in [-0.2, -0.15) is 0 Å². The molecule has 3 N–H and O–H groups in total. The van der Waals surface area contributed by atoms with E-state index >= 15 is 0 Å². The van der Waals surface area contributed by atoms with Gasteiger partial charge in [0, 0.05) is 30.3 Å². The van der Waals surface area contributed by atoms with Gasteiger partial charge in [0.25, 0.3) is 0 Å². The van der Waals surface area contributed by atoms with Gasteiger partial charge in [-0.3, -0.25) is 9.59 Å². The predicted molar refractivity (Wildman–Crippen MR) is 129 cm³/mol. The van der Waals surface area contributed by atoms with Gasteiger partial charge >= 0.3 is 5.97 Å². The molecule has 1 heterocycles. The third-order valence-corrected chi connectivity index (χ3v) is 9.61. The minimum atomic E-state index is -2.14. The third kappa shape index (κ3) is 3.29. The Kier molecular flexibility index (Phi) is 6.39. The van der Waals surface area contributed by atoms with Crippen LogP contribution < -0.4 is 0 Å². The van der Waals surface area contributed by atoms with E-state index in [-0.39, 0.29) is 18.1 Å². The normalized spacial score (nSPS) is 47.4. The predicted octanol–water partition coefficient (Wildman–Crippen LogP) is 1.75. The molecule has 204 valence electrons. The summed E-state index contributed by atoms with van der Waals surface area (Å²) in [6.45, 7) is 13.8. The minimum absolute atomic E-state index is 0.115. The molecule has 4 aliphatic rings. The number of Topliss-reactive ketones (excluding diaryl/α,β-unsaturated/α-hetero) is 1. The van der Waals surface area contributed by atoms with Crippen molar-refractivity contribution in [1.29, 1.82) is 0 Å². The molecule has 0 aromatic heterocycles. The van der Waals surface area contributed by atoms with Crippen LogP contribution in [0, 0.1) is 29.1 Å². The largest absolute Gasteiger partial charge is 0.455 e. The highest BCUT2D eigenvalue weighted by Gasteiger charge is 2.88. The number of aliphatic hydroxyl groups excluding tert-OH is 1. The zero-order chi connectivity index (χ0) is 27.2. The lowest BCUT2D eigenvalue weighted by Gasteiger charge is -2.57. The van der Waals surface area contributed by atoms with Gasteiger partial charge in [-0.25, -0.2) is 0 Å². The SMILES string of the molecule is CC[C@H](C)C(=O)O[C@@]12[C@H](O)[C@@H](C)[C@@]3(O)C(OC(C)(C)O[C@H](COC)[C@]4(O)C(=O)C(C)=C[C@H]43)[C@@H]1C2(C)C. The van der Waals surface area contributed by atoms with E-state index < -0.39 is 75.8 Å². The maximum atomic E-state index is 13.4. The van der Waals surface area contributed by atoms with Crippen molar-refractivity contribution in [3.63, 3.8) is 0 Å². The number of carbonyl (C=O) groups is 2. The van der Waals surface area contributed by atoms with E-state index in [1.807, 2.05) is 20.8 Å². The minimum Gasteiger partial charge on any atom is -0.455 e. The standard InChI is InChI=1S/C27H42O9/c1-10-13(2)22(30)36-27-18(23(27,5)6)21-25(31,15(4)20(27)29)16-11-14(3)19(28)26(16,32)17(12-33-9)34-24(7,8)35-21/h11,13,15-18,20-21,29,31-32H,10,12H2,1-9H3/t13-,15+,16-,17+,18+,20+,21?,25-,26-,27+/m0/s1. The summed E-state index contributed by atoms with van der Waals surface area (Å²) < 4.78 is 24.1. The van der Waals surface area contributed by atoms with Crippen molar-refractivity contribution in [2.24, 2.45) is 29.1 Å². The van der Waals surface area contributed by atoms with E-state index in [0.29, 0.717) is 6.42 Å². The molecule has 0 aromatic rings. The number of rotatable bonds is 5. The number of methoxy groups -OCH3 is 1. The van der Waals surface area contributed by atoms with Crippen LogP contribution >= 0.6 is 0 Å². The molecule has 10 atom stereocenters. The first kappa shape index (κ1) is 27.7. The Morgan fingerprint density at radius 1 is 1.19 bits per heavy atom. The van der Waals surface area contributed by atoms with Gasteiger partial charge < -0.3 is 34.3 Å². The molecule has 0 bridgehead atoms. The fourth-order valence-electron chi connectivity index (χ4n) is 7.25. The lowest BCUT2D eigenvalue weighted by atomic mass is 9.60. The Bertz CT molecular complexity index is 972. The summed E-state index contributed by atoms with van der Waals surface area (Å²) in [6, 6.07) is 0. The Balaban J connectivity index is 1.90. The highest BCUT2D eigenvalue weighted by molar-refractivity contribution is 6.05. The second-order valence-corrected chi connectivity index (χ2v) is 12.3. The van der Waals surface area contributed by atoms with Gasteiger partial charge in [0.2, 0.25) is 0 Å². The van der Waals surface area contributed by atoms with Crippen molar-refractivity contribution in [3.05, 3.63) is 11.6 Å². The van der Waals surface area contributed by atoms with Crippen molar-refractivity contribution in [2.75, 3.05) is 13.7 Å². The van der Waals surface area contributed by atoms with Gasteiger partial charge in [-0.15, -0.1) is 0 Å². The summed E-state index contributed by atoms with van der Waals surface area (Å²) in [5.74, 6) is -5.41. The van der Waals surface area contributed by atoms with Crippen molar-refractivity contribution < 1.29 is 43.9 Å². The average Bonchev–Trinajstić information content (AvgIpc) is 3.19. The van der Waals surface area contributed by atoms with E-state index in [0.717, 1.165) is 0 Å². The summed E-state index contributed by atoms with van der Waals surface area (Å²) >= 11 is 0. The van der Waals surface area contributed by atoms with E-state index in [2.05, 4.69) is 0 Å². The van der Waals surface area contributed by atoms with Crippen LogP contribution in [0.2, 0.25) is 0 Å². The van der Waals surface area contributed by atoms with Crippen LogP contribution in [0.3, 0.4) is 0 Å². The smallest absolute Gasteiger partial charge is 0.309 e. The van der Waals surface area contributed by atoms with Crippen LogP contribution in [0.5, 0.6) is 0 Å². The maximum Gasteiger partial charge on any atom is 0.309 e. The lowest BCUT2D eigenvalue weighted by Crippen LogP contribution is -2.74. The van der Waals surface area contributed by atoms with Gasteiger partial charge in [-0.1, -0.05) is 40.7 Å². The van der Waals surface area contributed by atoms with E-state index in [4.69, 9.17) is 18.9 Å². The Morgan fingerprint density at radius 2 is 1.81 bits per heavy atom. The summed E-state index contributed by atoms with van der Waals surface area (Å²) in [6.07, 6.45) is -1.30. The number of hydrogen-bond donors (Lipinski definition) is 3. The molecular formula is C27H42O9. The maximum absolute atomic E-state index is 13.4. The molecule has 1 saturated heterocycles. The molecule has 0 aromatic carbocycles. The van der Waals surface area contributed by atoms with Crippen LogP contribution in [-0.4, -0.2) is 81.7 Å². The Labute approximate surface area is 213 Å². The highest BCUT2D eigenvalue weighted by atomic mass is 16.7. The molecule has 36 heavy (non-hydrogen) atoms. The Hall–Kier alpha value is -1.36. The molecule has 1 aliphatic heterocycles. The fraction of sp³-hybridized carbons (Fsp3) is 0.852. The van der Waals surface area contributed by atoms with E-state index in [1.165, 1.54) is 7.11 Å². The summed E-state index contributed by atoms with van der Waals surface area (Å²) in [4.78, 5) is 26.4. The topological polar surface area (TPSA) is 132 Å². The van der Waals surface area contributed by atoms with E-state index in [9.17, 15) is 24.9 Å². The van der Waals surface area contributed by atoms with Crippen LogP contribution in [-0.2, 0) is 28.5 Å². The van der Waals surface area contributed by atoms with Crippen molar-refractivity contribution >= 4 is 11.8 Å². The second-order valence-electron chi connectivity index (χ2n) is 12.3. The summed E-state index contributed by atoms with van der Waals surface area (Å²) in [5, 5.41) is 36.4. The van der Waals surface area contributed by atoms with Gasteiger partial charge in [0.1, 0.15) is 23.4 Å². The van der Waals surface area contributed by atoms with Crippen molar-refractivity contribution in [1.82, 2.24) is 0 Å². The van der Waals surface area contributed by atoms with Crippen LogP contribution in [0.4, 0.5) is 0 Å². The monoisotopic (exact) mass is 510 g/mol. The molecule has 9 heteroatoms. The van der Waals surface area contributed by atoms with Gasteiger partial charge in [0.05, 0.1) is 18.6 Å². The highest BCUT2D eigenvalue weighted by Crippen LogP contribution is 2.75. The molecule has 9 nitrogen and oxygen atoms in total. The van der Waals surface area contributed by atoms with Crippen LogP contribution in [0.1, 0.15) is 61.8 Å². The quantitative estimate of drug-likeness (QED) is 0.473. The first-order chi connectivity index (χ1) is 16.5. The number of ketones is 1. The number of fused-ring (bicyclic) bond motifs is 5. The fourth-order valence-corrected chi connectivity index (χ4v) is 7.25. The lowest BCUT2D eigenvalue weighted by molar-refractivity contribution is -0.363. The number of aliphatic hydroxyl groups is 3. The molecule has 0 spiro atoms. The summed E-state index contributed by atoms with van der Waals surface area (Å²) in [5.41, 5.74) is -5.81. The first-order valence-electron chi connectivity index (χ1n) is 12.9. The van der Waals surface area contributed by atoms with Gasteiger partial charge in [0.15, 0.2) is 17.2 Å². The second kappa shape index (κ2) is 8.32. The van der Waals surface area contributed by atoms with E-state index in [1.54, 1.807) is 40.7 Å². The zero-order valence-corrected chi connectivity index (χ0v) is 22.8. The van der Waals surface area contributed by atoms with Crippen LogP contribution in [0.25, 0.3) is 0 Å². The molecule has 2 saturated carbocycles. The number of carbonyl (C=O) groups excluding carboxylic acids is 2. The molecule has 3 fully saturated rings.